The average Bonchev–Trinajstić information content (AvgIpc) is 3.21. The Hall–Kier alpha value is -3.11. The second kappa shape index (κ2) is 7.42. The van der Waals surface area contributed by atoms with E-state index in [2.05, 4.69) is 11.1 Å². The highest BCUT2D eigenvalue weighted by molar-refractivity contribution is 7.10. The van der Waals surface area contributed by atoms with Gasteiger partial charge in [0, 0.05) is 17.6 Å². The summed E-state index contributed by atoms with van der Waals surface area (Å²) in [6.45, 7) is 2.44. The molecule has 0 saturated carbocycles. The molecule has 0 unspecified atom stereocenters. The van der Waals surface area contributed by atoms with E-state index in [9.17, 15) is 4.79 Å². The fourth-order valence-electron chi connectivity index (χ4n) is 2.80. The lowest BCUT2D eigenvalue weighted by molar-refractivity contribution is 0.0999. The van der Waals surface area contributed by atoms with Crippen LogP contribution in [0.5, 0.6) is 5.75 Å². The van der Waals surface area contributed by atoms with E-state index in [0.29, 0.717) is 12.1 Å². The van der Waals surface area contributed by atoms with Crippen LogP contribution in [-0.4, -0.2) is 22.6 Å². The second-order valence-corrected chi connectivity index (χ2v) is 6.73. The Morgan fingerprint density at radius 3 is 2.73 bits per heavy atom. The van der Waals surface area contributed by atoms with Gasteiger partial charge in [-0.3, -0.25) is 4.79 Å². The standard InChI is InChI=1S/C19H18N4O2S/c1-12-15(19(21)24)9-17(16-11-26-18(22-16)7-8-20)23(12)10-13-3-5-14(25-2)6-4-13/h3-6,9,11H,7,10H2,1-2H3,(H2,21,24). The molecule has 2 heterocycles. The summed E-state index contributed by atoms with van der Waals surface area (Å²) in [4.78, 5) is 16.3. The molecule has 3 rings (SSSR count). The van der Waals surface area contributed by atoms with E-state index in [1.807, 2.05) is 41.1 Å². The van der Waals surface area contributed by atoms with Gasteiger partial charge in [0.15, 0.2) is 0 Å². The van der Waals surface area contributed by atoms with E-state index < -0.39 is 5.91 Å². The van der Waals surface area contributed by atoms with Crippen molar-refractivity contribution in [1.82, 2.24) is 9.55 Å². The highest BCUT2D eigenvalue weighted by Gasteiger charge is 2.19. The number of nitrogens with two attached hydrogens (primary N) is 1. The molecule has 0 atom stereocenters. The Morgan fingerprint density at radius 2 is 2.12 bits per heavy atom. The third-order valence-electron chi connectivity index (χ3n) is 4.18. The van der Waals surface area contributed by atoms with Gasteiger partial charge in [0.1, 0.15) is 10.8 Å². The number of carbonyl (C=O) groups excluding carboxylic acids is 1. The van der Waals surface area contributed by atoms with Crippen LogP contribution in [0.1, 0.15) is 26.6 Å². The molecule has 0 aliphatic rings. The zero-order valence-electron chi connectivity index (χ0n) is 14.5. The monoisotopic (exact) mass is 366 g/mol. The molecule has 1 aromatic carbocycles. The minimum Gasteiger partial charge on any atom is -0.497 e. The van der Waals surface area contributed by atoms with Crippen LogP contribution in [0.25, 0.3) is 11.4 Å². The second-order valence-electron chi connectivity index (χ2n) is 5.79. The third kappa shape index (κ3) is 3.46. The average molecular weight is 366 g/mol. The van der Waals surface area contributed by atoms with Crippen molar-refractivity contribution in [2.75, 3.05) is 7.11 Å². The van der Waals surface area contributed by atoms with Crippen molar-refractivity contribution in [2.45, 2.75) is 19.9 Å². The number of amides is 1. The molecule has 0 aliphatic heterocycles. The maximum atomic E-state index is 11.8. The van der Waals surface area contributed by atoms with Crippen molar-refractivity contribution in [3.63, 3.8) is 0 Å². The first-order chi connectivity index (χ1) is 12.5. The van der Waals surface area contributed by atoms with Crippen LogP contribution in [0.2, 0.25) is 0 Å². The van der Waals surface area contributed by atoms with E-state index >= 15 is 0 Å². The van der Waals surface area contributed by atoms with E-state index in [0.717, 1.165) is 33.4 Å². The fourth-order valence-corrected chi connectivity index (χ4v) is 3.52. The first kappa shape index (κ1) is 17.7. The molecule has 3 aromatic rings. The molecule has 2 aromatic heterocycles. The van der Waals surface area contributed by atoms with Gasteiger partial charge in [0.05, 0.1) is 36.6 Å². The molecule has 0 aliphatic carbocycles. The van der Waals surface area contributed by atoms with Crippen LogP contribution < -0.4 is 10.5 Å². The molecule has 0 bridgehead atoms. The third-order valence-corrected chi connectivity index (χ3v) is 5.02. The summed E-state index contributed by atoms with van der Waals surface area (Å²) in [5.41, 5.74) is 9.41. The number of aromatic nitrogens is 2. The Balaban J connectivity index is 2.03. The quantitative estimate of drug-likeness (QED) is 0.725. The number of hydrogen-bond donors (Lipinski definition) is 1. The zero-order chi connectivity index (χ0) is 18.7. The Morgan fingerprint density at radius 1 is 1.38 bits per heavy atom. The first-order valence-corrected chi connectivity index (χ1v) is 8.86. The predicted molar refractivity (Wildman–Crippen MR) is 100 cm³/mol. The minimum atomic E-state index is -0.468. The van der Waals surface area contributed by atoms with Gasteiger partial charge in [-0.05, 0) is 30.7 Å². The number of nitriles is 1. The van der Waals surface area contributed by atoms with Crippen molar-refractivity contribution < 1.29 is 9.53 Å². The molecule has 1 amide bonds. The molecular formula is C19H18N4O2S. The highest BCUT2D eigenvalue weighted by atomic mass is 32.1. The number of benzene rings is 1. The van der Waals surface area contributed by atoms with Crippen LogP contribution in [0.4, 0.5) is 0 Å². The number of hydrogen-bond acceptors (Lipinski definition) is 5. The van der Waals surface area contributed by atoms with Crippen LogP contribution in [-0.2, 0) is 13.0 Å². The van der Waals surface area contributed by atoms with Crippen LogP contribution in [0.3, 0.4) is 0 Å². The summed E-state index contributed by atoms with van der Waals surface area (Å²) in [5.74, 6) is 0.321. The largest absolute Gasteiger partial charge is 0.497 e. The lowest BCUT2D eigenvalue weighted by Gasteiger charge is -2.11. The van der Waals surface area contributed by atoms with Crippen molar-refractivity contribution >= 4 is 17.2 Å². The Bertz CT molecular complexity index is 980. The van der Waals surface area contributed by atoms with Crippen LogP contribution in [0, 0.1) is 18.3 Å². The van der Waals surface area contributed by atoms with Gasteiger partial charge < -0.3 is 15.0 Å². The number of thiazole rings is 1. The number of carbonyl (C=O) groups is 1. The Kier molecular flexibility index (Phi) is 5.05. The topological polar surface area (TPSA) is 93.9 Å². The number of nitrogens with zero attached hydrogens (tertiary/aromatic N) is 3. The van der Waals surface area contributed by atoms with Crippen LogP contribution in [0.15, 0.2) is 35.7 Å². The lowest BCUT2D eigenvalue weighted by atomic mass is 10.2. The SMILES string of the molecule is COc1ccc(Cn2c(-c3csc(CC#N)n3)cc(C(N)=O)c2C)cc1. The summed E-state index contributed by atoms with van der Waals surface area (Å²) in [7, 11) is 1.63. The van der Waals surface area contributed by atoms with Gasteiger partial charge in [-0.2, -0.15) is 5.26 Å². The lowest BCUT2D eigenvalue weighted by Crippen LogP contribution is -2.12. The van der Waals surface area contributed by atoms with Gasteiger partial charge in [-0.25, -0.2) is 4.98 Å². The molecule has 26 heavy (non-hydrogen) atoms. The summed E-state index contributed by atoms with van der Waals surface area (Å²) in [6, 6.07) is 11.6. The van der Waals surface area contributed by atoms with E-state index in [-0.39, 0.29) is 6.42 Å². The molecule has 0 radical (unpaired) electrons. The maximum absolute atomic E-state index is 11.8. The van der Waals surface area contributed by atoms with Gasteiger partial charge in [-0.1, -0.05) is 12.1 Å². The molecule has 7 heteroatoms. The van der Waals surface area contributed by atoms with E-state index in [1.165, 1.54) is 11.3 Å². The normalized spacial score (nSPS) is 10.5. The van der Waals surface area contributed by atoms with Gasteiger partial charge in [0.2, 0.25) is 0 Å². The summed E-state index contributed by atoms with van der Waals surface area (Å²) in [5, 5.41) is 11.5. The maximum Gasteiger partial charge on any atom is 0.250 e. The molecule has 132 valence electrons. The molecule has 0 saturated heterocycles. The summed E-state index contributed by atoms with van der Waals surface area (Å²) >= 11 is 1.43. The summed E-state index contributed by atoms with van der Waals surface area (Å²) in [6.07, 6.45) is 0.269. The fraction of sp³-hybridized carbons (Fsp3) is 0.211. The first-order valence-electron chi connectivity index (χ1n) is 7.98. The molecule has 6 nitrogen and oxygen atoms in total. The summed E-state index contributed by atoms with van der Waals surface area (Å²) < 4.78 is 7.22. The Labute approximate surface area is 155 Å². The number of methoxy groups -OCH3 is 1. The van der Waals surface area contributed by atoms with Gasteiger partial charge >= 0.3 is 0 Å². The zero-order valence-corrected chi connectivity index (χ0v) is 15.3. The predicted octanol–water partition coefficient (Wildman–Crippen LogP) is 3.14. The van der Waals surface area contributed by atoms with E-state index in [1.54, 1.807) is 13.2 Å². The molecule has 2 N–H and O–H groups in total. The highest BCUT2D eigenvalue weighted by Crippen LogP contribution is 2.28. The van der Waals surface area contributed by atoms with Crippen molar-refractivity contribution in [1.29, 1.82) is 5.26 Å². The van der Waals surface area contributed by atoms with Gasteiger partial charge in [0.25, 0.3) is 5.91 Å². The van der Waals surface area contributed by atoms with Gasteiger partial charge in [-0.15, -0.1) is 11.3 Å². The molecule has 0 fully saturated rings. The molecule has 0 spiro atoms. The van der Waals surface area contributed by atoms with E-state index in [4.69, 9.17) is 15.7 Å². The number of primary amides is 1. The van der Waals surface area contributed by atoms with Crippen molar-refractivity contribution in [2.24, 2.45) is 5.73 Å². The number of rotatable bonds is 6. The van der Waals surface area contributed by atoms with Crippen molar-refractivity contribution in [3.8, 4) is 23.2 Å². The molecular weight excluding hydrogens is 348 g/mol. The van der Waals surface area contributed by atoms with Crippen LogP contribution >= 0.6 is 11.3 Å². The van der Waals surface area contributed by atoms with Crippen molar-refractivity contribution in [3.05, 3.63) is 57.5 Å². The minimum absolute atomic E-state index is 0.269. The number of ether oxygens (including phenoxy) is 1. The smallest absolute Gasteiger partial charge is 0.250 e.